The van der Waals surface area contributed by atoms with Crippen molar-refractivity contribution >= 4 is 11.7 Å². The van der Waals surface area contributed by atoms with Gasteiger partial charge >= 0.3 is 5.97 Å². The lowest BCUT2D eigenvalue weighted by Crippen LogP contribution is -2.46. The molecule has 0 bridgehead atoms. The van der Waals surface area contributed by atoms with Crippen LogP contribution in [0.2, 0.25) is 0 Å². The number of carboxylic acid groups (broad SMARTS) is 1. The van der Waals surface area contributed by atoms with Crippen LogP contribution in [-0.4, -0.2) is 42.2 Å². The van der Waals surface area contributed by atoms with Crippen LogP contribution in [-0.2, 0) is 6.54 Å². The zero-order valence-electron chi connectivity index (χ0n) is 13.7. The van der Waals surface area contributed by atoms with Crippen LogP contribution in [0.5, 0.6) is 0 Å². The Balaban J connectivity index is 1.65. The molecule has 1 fully saturated rings. The molecule has 2 aromatic carbocycles. The number of carbonyl (C=O) groups is 1. The number of nitrogens with zero attached hydrogens (tertiary/aromatic N) is 3. The lowest BCUT2D eigenvalue weighted by molar-refractivity contribution is 0.0696. The van der Waals surface area contributed by atoms with E-state index in [2.05, 4.69) is 4.90 Å². The van der Waals surface area contributed by atoms with E-state index in [-0.39, 0.29) is 11.1 Å². The second-order valence-corrected chi connectivity index (χ2v) is 6.01. The maximum atomic E-state index is 13.8. The summed E-state index contributed by atoms with van der Waals surface area (Å²) in [5, 5.41) is 18.2. The fourth-order valence-electron chi connectivity index (χ4n) is 3.09. The minimum absolute atomic E-state index is 0.0881. The molecule has 1 heterocycles. The standard InChI is InChI=1S/C19H18FN3O2/c20-17-5-2-6-18(16(17)12-21)23-9-7-22(8-10-23)13-14-3-1-4-15(11-14)19(24)25/h1-6,11H,7-10,13H2,(H,24,25). The molecule has 5 nitrogen and oxygen atoms in total. The van der Waals surface area contributed by atoms with E-state index in [1.165, 1.54) is 6.07 Å². The highest BCUT2D eigenvalue weighted by atomic mass is 19.1. The zero-order chi connectivity index (χ0) is 17.8. The molecule has 128 valence electrons. The number of hydrogen-bond donors (Lipinski definition) is 1. The van der Waals surface area contributed by atoms with E-state index in [9.17, 15) is 14.4 Å². The Morgan fingerprint density at radius 3 is 2.56 bits per heavy atom. The number of piperazine rings is 1. The molecule has 3 rings (SSSR count). The van der Waals surface area contributed by atoms with Gasteiger partial charge in [-0.2, -0.15) is 5.26 Å². The van der Waals surface area contributed by atoms with Crippen LogP contribution in [0.3, 0.4) is 0 Å². The van der Waals surface area contributed by atoms with Crippen molar-refractivity contribution in [2.75, 3.05) is 31.1 Å². The van der Waals surface area contributed by atoms with Gasteiger partial charge in [-0.05, 0) is 29.8 Å². The first-order valence-corrected chi connectivity index (χ1v) is 8.06. The highest BCUT2D eigenvalue weighted by Crippen LogP contribution is 2.24. The van der Waals surface area contributed by atoms with Crippen LogP contribution in [0.1, 0.15) is 21.5 Å². The third kappa shape index (κ3) is 3.78. The van der Waals surface area contributed by atoms with Crippen molar-refractivity contribution in [3.63, 3.8) is 0 Å². The van der Waals surface area contributed by atoms with Crippen molar-refractivity contribution < 1.29 is 14.3 Å². The summed E-state index contributed by atoms with van der Waals surface area (Å²) in [4.78, 5) is 15.3. The van der Waals surface area contributed by atoms with Gasteiger partial charge < -0.3 is 10.0 Å². The fraction of sp³-hybridized carbons (Fsp3) is 0.263. The predicted octanol–water partition coefficient (Wildman–Crippen LogP) is 2.72. The fourth-order valence-corrected chi connectivity index (χ4v) is 3.09. The van der Waals surface area contributed by atoms with Crippen LogP contribution in [0.4, 0.5) is 10.1 Å². The van der Waals surface area contributed by atoms with Crippen molar-refractivity contribution in [3.8, 4) is 6.07 Å². The normalized spacial score (nSPS) is 15.0. The third-order valence-electron chi connectivity index (χ3n) is 4.40. The molecule has 0 aromatic heterocycles. The van der Waals surface area contributed by atoms with Crippen molar-refractivity contribution in [2.45, 2.75) is 6.54 Å². The number of carboxylic acids is 1. The number of hydrogen-bond acceptors (Lipinski definition) is 4. The number of nitriles is 1. The highest BCUT2D eigenvalue weighted by Gasteiger charge is 2.21. The first kappa shape index (κ1) is 16.9. The largest absolute Gasteiger partial charge is 0.478 e. The van der Waals surface area contributed by atoms with Crippen molar-refractivity contribution in [3.05, 3.63) is 65.0 Å². The zero-order valence-corrected chi connectivity index (χ0v) is 13.7. The molecular weight excluding hydrogens is 321 g/mol. The predicted molar refractivity (Wildman–Crippen MR) is 92.0 cm³/mol. The maximum Gasteiger partial charge on any atom is 0.335 e. The third-order valence-corrected chi connectivity index (χ3v) is 4.40. The molecule has 0 spiro atoms. The van der Waals surface area contributed by atoms with Gasteiger partial charge in [-0.1, -0.05) is 18.2 Å². The Morgan fingerprint density at radius 2 is 1.88 bits per heavy atom. The molecule has 0 radical (unpaired) electrons. The molecule has 0 unspecified atom stereocenters. The van der Waals surface area contributed by atoms with Crippen LogP contribution in [0.15, 0.2) is 42.5 Å². The molecule has 25 heavy (non-hydrogen) atoms. The summed E-state index contributed by atoms with van der Waals surface area (Å²) >= 11 is 0. The van der Waals surface area contributed by atoms with Gasteiger partial charge in [0.2, 0.25) is 0 Å². The molecule has 1 aliphatic heterocycles. The van der Waals surface area contributed by atoms with E-state index in [0.29, 0.717) is 25.3 Å². The minimum atomic E-state index is -0.929. The topological polar surface area (TPSA) is 67.6 Å². The van der Waals surface area contributed by atoms with E-state index in [1.807, 2.05) is 17.0 Å². The van der Waals surface area contributed by atoms with Crippen molar-refractivity contribution in [1.82, 2.24) is 4.90 Å². The lowest BCUT2D eigenvalue weighted by atomic mass is 10.1. The van der Waals surface area contributed by atoms with Gasteiger partial charge in [0.25, 0.3) is 0 Å². The second kappa shape index (κ2) is 7.32. The van der Waals surface area contributed by atoms with Gasteiger partial charge in [0, 0.05) is 32.7 Å². The molecule has 1 aliphatic rings. The Kier molecular flexibility index (Phi) is 4.96. The van der Waals surface area contributed by atoms with Crippen LogP contribution in [0.25, 0.3) is 0 Å². The number of halogens is 1. The minimum Gasteiger partial charge on any atom is -0.478 e. The number of anilines is 1. The first-order valence-electron chi connectivity index (χ1n) is 8.06. The second-order valence-electron chi connectivity index (χ2n) is 6.01. The molecule has 1 saturated heterocycles. The molecule has 0 amide bonds. The molecule has 6 heteroatoms. The summed E-state index contributed by atoms with van der Waals surface area (Å²) < 4.78 is 13.8. The summed E-state index contributed by atoms with van der Waals surface area (Å²) in [7, 11) is 0. The van der Waals surface area contributed by atoms with E-state index in [0.717, 1.165) is 18.7 Å². The Morgan fingerprint density at radius 1 is 1.16 bits per heavy atom. The van der Waals surface area contributed by atoms with Gasteiger partial charge in [-0.3, -0.25) is 4.90 Å². The van der Waals surface area contributed by atoms with Gasteiger partial charge in [-0.25, -0.2) is 9.18 Å². The van der Waals surface area contributed by atoms with E-state index in [4.69, 9.17) is 5.11 Å². The Bertz CT molecular complexity index is 824. The Labute approximate surface area is 145 Å². The van der Waals surface area contributed by atoms with Gasteiger partial charge in [0.05, 0.1) is 11.3 Å². The number of benzene rings is 2. The number of rotatable bonds is 4. The van der Waals surface area contributed by atoms with E-state index >= 15 is 0 Å². The molecule has 2 aromatic rings. The molecular formula is C19H18FN3O2. The monoisotopic (exact) mass is 339 g/mol. The molecule has 1 N–H and O–H groups in total. The quantitative estimate of drug-likeness (QED) is 0.928. The summed E-state index contributed by atoms with van der Waals surface area (Å²) in [6, 6.07) is 13.6. The molecule has 0 atom stereocenters. The number of aromatic carboxylic acids is 1. The first-order chi connectivity index (χ1) is 12.1. The van der Waals surface area contributed by atoms with Crippen molar-refractivity contribution in [1.29, 1.82) is 5.26 Å². The van der Waals surface area contributed by atoms with Crippen molar-refractivity contribution in [2.24, 2.45) is 0 Å². The van der Waals surface area contributed by atoms with Crippen LogP contribution >= 0.6 is 0 Å². The average molecular weight is 339 g/mol. The maximum absolute atomic E-state index is 13.8. The highest BCUT2D eigenvalue weighted by molar-refractivity contribution is 5.87. The van der Waals surface area contributed by atoms with E-state index in [1.54, 1.807) is 30.3 Å². The summed E-state index contributed by atoms with van der Waals surface area (Å²) in [6.07, 6.45) is 0. The van der Waals surface area contributed by atoms with E-state index < -0.39 is 11.8 Å². The van der Waals surface area contributed by atoms with Gasteiger partial charge in [-0.15, -0.1) is 0 Å². The summed E-state index contributed by atoms with van der Waals surface area (Å²) in [5.74, 6) is -1.42. The average Bonchev–Trinajstić information content (AvgIpc) is 2.62. The van der Waals surface area contributed by atoms with Crippen LogP contribution < -0.4 is 4.90 Å². The van der Waals surface area contributed by atoms with Gasteiger partial charge in [0.15, 0.2) is 0 Å². The summed E-state index contributed by atoms with van der Waals surface area (Å²) in [5.41, 5.74) is 1.96. The molecule has 0 saturated carbocycles. The summed E-state index contributed by atoms with van der Waals surface area (Å²) in [6.45, 7) is 3.58. The smallest absolute Gasteiger partial charge is 0.335 e. The van der Waals surface area contributed by atoms with Gasteiger partial charge in [0.1, 0.15) is 17.4 Å². The Hall–Kier alpha value is -2.91. The SMILES string of the molecule is N#Cc1c(F)cccc1N1CCN(Cc2cccc(C(=O)O)c2)CC1. The van der Waals surface area contributed by atoms with Crippen LogP contribution in [0, 0.1) is 17.1 Å². The lowest BCUT2D eigenvalue weighted by Gasteiger charge is -2.36. The molecule has 0 aliphatic carbocycles.